The Labute approximate surface area is 232 Å². The number of H-pyrrole nitrogens is 1. The number of rotatable bonds is 8. The van der Waals surface area contributed by atoms with Gasteiger partial charge in [0, 0.05) is 36.5 Å². The average Bonchev–Trinajstić information content (AvgIpc) is 2.91. The number of halogens is 1. The van der Waals surface area contributed by atoms with Crippen LogP contribution in [0.2, 0.25) is 0 Å². The number of aryl methyl sites for hydroxylation is 2. The summed E-state index contributed by atoms with van der Waals surface area (Å²) in [6.45, 7) is 2.72. The van der Waals surface area contributed by atoms with Gasteiger partial charge in [-0.15, -0.1) is 0 Å². The summed E-state index contributed by atoms with van der Waals surface area (Å²) in [5.74, 6) is 0.491. The van der Waals surface area contributed by atoms with Crippen LogP contribution >= 0.6 is 18.1 Å². The number of hydrogen-bond acceptors (Lipinski definition) is 7. The van der Waals surface area contributed by atoms with Crippen molar-refractivity contribution in [3.8, 4) is 5.75 Å². The summed E-state index contributed by atoms with van der Waals surface area (Å²) < 4.78 is 33.3. The number of benzene rings is 1. The smallest absolute Gasteiger partial charge is 0.363 e. The minimum atomic E-state index is -3.61. The van der Waals surface area contributed by atoms with Crippen molar-refractivity contribution in [3.63, 3.8) is 0 Å². The van der Waals surface area contributed by atoms with Gasteiger partial charge in [0.15, 0.2) is 0 Å². The number of ether oxygens (including phenoxy) is 2. The summed E-state index contributed by atoms with van der Waals surface area (Å²) in [4.78, 5) is 39.1. The van der Waals surface area contributed by atoms with E-state index in [1.54, 1.807) is 24.8 Å². The number of methoxy groups -OCH3 is 1. The first-order chi connectivity index (χ1) is 18.5. The predicted octanol–water partition coefficient (Wildman–Crippen LogP) is 3.80. The highest BCUT2D eigenvalue weighted by Crippen LogP contribution is 2.57. The summed E-state index contributed by atoms with van der Waals surface area (Å²) >= 11 is 6.37. The van der Waals surface area contributed by atoms with E-state index in [1.165, 1.54) is 10.8 Å². The van der Waals surface area contributed by atoms with E-state index in [4.69, 9.17) is 25.2 Å². The number of piperidine rings is 1. The molecule has 2 fully saturated rings. The number of aromatic amines is 1. The van der Waals surface area contributed by atoms with E-state index in [9.17, 15) is 18.9 Å². The van der Waals surface area contributed by atoms with Crippen LogP contribution in [0.25, 0.3) is 0 Å². The van der Waals surface area contributed by atoms with Gasteiger partial charge >= 0.3 is 12.6 Å². The Morgan fingerprint density at radius 3 is 2.56 bits per heavy atom. The normalized spacial score (nSPS) is 22.3. The molecule has 1 aromatic carbocycles. The summed E-state index contributed by atoms with van der Waals surface area (Å²) in [6, 6.07) is 3.50. The molecule has 39 heavy (non-hydrogen) atoms. The van der Waals surface area contributed by atoms with Crippen molar-refractivity contribution in [2.45, 2.75) is 71.2 Å². The highest BCUT2D eigenvalue weighted by atomic mass is 35.7. The Kier molecular flexibility index (Phi) is 9.39. The quantitative estimate of drug-likeness (QED) is 0.449. The van der Waals surface area contributed by atoms with Gasteiger partial charge in [-0.1, -0.05) is 0 Å². The van der Waals surface area contributed by atoms with Crippen LogP contribution in [0.1, 0.15) is 65.4 Å². The van der Waals surface area contributed by atoms with E-state index in [0.29, 0.717) is 55.6 Å². The van der Waals surface area contributed by atoms with Gasteiger partial charge < -0.3 is 19.3 Å². The van der Waals surface area contributed by atoms with E-state index >= 15 is 0 Å². The van der Waals surface area contributed by atoms with Gasteiger partial charge in [0.25, 0.3) is 11.5 Å². The SMILES string of the molecule is COc1cc(C(=O)NC2CCN(P(=O)(Cl)OC[C@@H]3CCC[C@H](n4cc(C)c(=O)[nH]c4=O)O3)CC2)cc(C)c1C. The summed E-state index contributed by atoms with van der Waals surface area (Å²) in [5.41, 5.74) is 1.96. The fourth-order valence-corrected chi connectivity index (χ4v) is 6.80. The second-order valence-corrected chi connectivity index (χ2v) is 13.2. The predicted molar refractivity (Wildman–Crippen MR) is 148 cm³/mol. The van der Waals surface area contributed by atoms with Crippen molar-refractivity contribution >= 4 is 24.0 Å². The van der Waals surface area contributed by atoms with Gasteiger partial charge in [0.2, 0.25) is 0 Å². The van der Waals surface area contributed by atoms with Crippen LogP contribution in [0.5, 0.6) is 5.75 Å². The number of carbonyl (C=O) groups excluding carboxylic acids is 1. The van der Waals surface area contributed by atoms with Crippen molar-refractivity contribution in [2.24, 2.45) is 0 Å². The summed E-state index contributed by atoms with van der Waals surface area (Å²) in [6.07, 6.45) is 3.72. The lowest BCUT2D eigenvalue weighted by molar-refractivity contribution is -0.105. The van der Waals surface area contributed by atoms with Gasteiger partial charge in [0.05, 0.1) is 19.8 Å². The molecule has 0 aliphatic carbocycles. The van der Waals surface area contributed by atoms with Crippen molar-refractivity contribution in [3.05, 3.63) is 61.4 Å². The fraction of sp³-hybridized carbons (Fsp3) is 0.577. The minimum Gasteiger partial charge on any atom is -0.496 e. The Morgan fingerprint density at radius 2 is 1.87 bits per heavy atom. The molecule has 13 heteroatoms. The van der Waals surface area contributed by atoms with Gasteiger partial charge in [-0.25, -0.2) is 9.46 Å². The lowest BCUT2D eigenvalue weighted by Crippen LogP contribution is -2.43. The average molecular weight is 583 g/mol. The lowest BCUT2D eigenvalue weighted by Gasteiger charge is -2.35. The Balaban J connectivity index is 1.28. The van der Waals surface area contributed by atoms with Crippen molar-refractivity contribution in [1.29, 1.82) is 0 Å². The van der Waals surface area contributed by atoms with E-state index in [1.807, 2.05) is 19.9 Å². The Morgan fingerprint density at radius 1 is 1.15 bits per heavy atom. The lowest BCUT2D eigenvalue weighted by atomic mass is 10.0. The molecule has 0 saturated carbocycles. The summed E-state index contributed by atoms with van der Waals surface area (Å²) in [7, 11) is 1.58. The van der Waals surface area contributed by atoms with E-state index in [2.05, 4.69) is 10.3 Å². The van der Waals surface area contributed by atoms with E-state index in [0.717, 1.165) is 17.5 Å². The van der Waals surface area contributed by atoms with Crippen LogP contribution in [-0.2, 0) is 13.8 Å². The molecule has 0 spiro atoms. The van der Waals surface area contributed by atoms with Gasteiger partial charge in [0.1, 0.15) is 12.0 Å². The Hall–Kier alpha value is -2.43. The molecule has 0 bridgehead atoms. The third-order valence-corrected chi connectivity index (χ3v) is 9.93. The molecule has 0 radical (unpaired) electrons. The van der Waals surface area contributed by atoms with Crippen molar-refractivity contribution in [1.82, 2.24) is 19.5 Å². The number of amides is 1. The number of aromatic nitrogens is 2. The Bertz CT molecular complexity index is 1370. The van der Waals surface area contributed by atoms with Gasteiger partial charge in [-0.3, -0.25) is 23.7 Å². The first kappa shape index (κ1) is 29.6. The molecule has 2 saturated heterocycles. The maximum absolute atomic E-state index is 13.2. The number of nitrogens with one attached hydrogen (secondary N) is 2. The number of carbonyl (C=O) groups is 1. The first-order valence-corrected chi connectivity index (χ1v) is 15.6. The molecule has 1 amide bonds. The standard InChI is InChI=1S/C26H36ClN4O7P/c1-16-12-19(13-22(36-4)18(16)3)25(33)28-20-8-10-30(11-9-20)39(27,35)37-15-21-6-5-7-23(38-21)31-14-17(2)24(32)29-26(31)34/h12-14,20-21,23H,5-11,15H2,1-4H3,(H,28,33)(H,29,32,34)/t21-,23+,39?/m0/s1. The zero-order chi connectivity index (χ0) is 28.3. The van der Waals surface area contributed by atoms with E-state index in [-0.39, 0.29) is 18.6 Å². The van der Waals surface area contributed by atoms with Crippen LogP contribution in [0.15, 0.2) is 27.9 Å². The molecule has 214 valence electrons. The number of nitrogens with zero attached hydrogens (tertiary/aromatic N) is 2. The van der Waals surface area contributed by atoms with Crippen LogP contribution in [-0.4, -0.2) is 59.1 Å². The monoisotopic (exact) mass is 582 g/mol. The summed E-state index contributed by atoms with van der Waals surface area (Å²) in [5, 5.41) is 3.06. The molecule has 1 aromatic heterocycles. The minimum absolute atomic E-state index is 0.0135. The second-order valence-electron chi connectivity index (χ2n) is 10.2. The maximum Gasteiger partial charge on any atom is 0.363 e. The zero-order valence-electron chi connectivity index (χ0n) is 22.7. The van der Waals surface area contributed by atoms with Crippen LogP contribution < -0.4 is 21.3 Å². The third-order valence-electron chi connectivity index (χ3n) is 7.45. The first-order valence-electron chi connectivity index (χ1n) is 13.1. The molecule has 11 nitrogen and oxygen atoms in total. The largest absolute Gasteiger partial charge is 0.496 e. The molecular weight excluding hydrogens is 547 g/mol. The van der Waals surface area contributed by atoms with Gasteiger partial charge in [-0.2, -0.15) is 0 Å². The zero-order valence-corrected chi connectivity index (χ0v) is 24.3. The number of hydrogen-bond donors (Lipinski definition) is 2. The molecule has 3 heterocycles. The molecule has 4 rings (SSSR count). The van der Waals surface area contributed by atoms with E-state index < -0.39 is 30.5 Å². The molecule has 2 aromatic rings. The highest BCUT2D eigenvalue weighted by molar-refractivity contribution is 7.83. The maximum atomic E-state index is 13.2. The molecule has 2 aliphatic rings. The van der Waals surface area contributed by atoms with Crippen LogP contribution in [0.3, 0.4) is 0 Å². The van der Waals surface area contributed by atoms with Crippen LogP contribution in [0, 0.1) is 20.8 Å². The van der Waals surface area contributed by atoms with Crippen LogP contribution in [0.4, 0.5) is 0 Å². The topological polar surface area (TPSA) is 132 Å². The molecule has 2 aliphatic heterocycles. The molecule has 1 unspecified atom stereocenters. The highest BCUT2D eigenvalue weighted by Gasteiger charge is 2.35. The molecule has 3 atom stereocenters. The molecule has 2 N–H and O–H groups in total. The second kappa shape index (κ2) is 12.4. The molecular formula is C26H36ClN4O7P. The van der Waals surface area contributed by atoms with Crippen molar-refractivity contribution < 1.29 is 23.4 Å². The third kappa shape index (κ3) is 7.02. The van der Waals surface area contributed by atoms with Gasteiger partial charge in [-0.05, 0) is 87.4 Å². The fourth-order valence-electron chi connectivity index (χ4n) is 4.95. The van der Waals surface area contributed by atoms with Crippen molar-refractivity contribution in [2.75, 3.05) is 26.8 Å².